The van der Waals surface area contributed by atoms with E-state index in [0.717, 1.165) is 18.0 Å². The second-order valence-corrected chi connectivity index (χ2v) is 6.96. The van der Waals surface area contributed by atoms with E-state index in [1.54, 1.807) is 7.11 Å². The Morgan fingerprint density at radius 3 is 2.48 bits per heavy atom. The fourth-order valence-corrected chi connectivity index (χ4v) is 2.66. The van der Waals surface area contributed by atoms with Crippen molar-refractivity contribution in [2.45, 2.75) is 71.1 Å². The number of ether oxygens (including phenoxy) is 2. The Morgan fingerprint density at radius 2 is 1.86 bits per heavy atom. The first-order valence-corrected chi connectivity index (χ1v) is 8.06. The minimum atomic E-state index is 0.0885. The topological polar surface area (TPSA) is 30.5 Å². The third kappa shape index (κ3) is 5.24. The van der Waals surface area contributed by atoms with Gasteiger partial charge in [0.15, 0.2) is 0 Å². The van der Waals surface area contributed by atoms with E-state index in [-0.39, 0.29) is 5.54 Å². The van der Waals surface area contributed by atoms with Crippen molar-refractivity contribution in [2.24, 2.45) is 0 Å². The van der Waals surface area contributed by atoms with Crippen molar-refractivity contribution >= 4 is 0 Å². The molecule has 21 heavy (non-hydrogen) atoms. The van der Waals surface area contributed by atoms with Crippen LogP contribution in [0.3, 0.4) is 0 Å². The van der Waals surface area contributed by atoms with Crippen LogP contribution in [0.25, 0.3) is 0 Å². The Balaban J connectivity index is 2.10. The summed E-state index contributed by atoms with van der Waals surface area (Å²) in [7, 11) is 1.71. The summed E-state index contributed by atoms with van der Waals surface area (Å²) in [4.78, 5) is 0. The molecule has 118 valence electrons. The minimum Gasteiger partial charge on any atom is -0.497 e. The summed E-state index contributed by atoms with van der Waals surface area (Å²) < 4.78 is 11.6. The molecule has 0 unspecified atom stereocenters. The van der Waals surface area contributed by atoms with Crippen molar-refractivity contribution in [2.75, 3.05) is 7.11 Å². The molecule has 3 nitrogen and oxygen atoms in total. The Bertz CT molecular complexity index is 445. The fraction of sp³-hybridized carbons (Fsp3) is 0.667. The minimum absolute atomic E-state index is 0.0885. The van der Waals surface area contributed by atoms with Gasteiger partial charge >= 0.3 is 0 Å². The van der Waals surface area contributed by atoms with Gasteiger partial charge in [-0.3, -0.25) is 0 Å². The average molecular weight is 291 g/mol. The maximum Gasteiger partial charge on any atom is 0.124 e. The first-order valence-electron chi connectivity index (χ1n) is 8.06. The van der Waals surface area contributed by atoms with Gasteiger partial charge in [-0.1, -0.05) is 6.42 Å². The van der Waals surface area contributed by atoms with Crippen molar-refractivity contribution < 1.29 is 9.47 Å². The number of hydrogen-bond donors (Lipinski definition) is 1. The van der Waals surface area contributed by atoms with Gasteiger partial charge in [-0.05, 0) is 64.7 Å². The van der Waals surface area contributed by atoms with E-state index in [2.05, 4.69) is 32.2 Å². The highest BCUT2D eigenvalue weighted by Gasteiger charge is 2.18. The van der Waals surface area contributed by atoms with Crippen LogP contribution < -0.4 is 14.8 Å². The Labute approximate surface area is 129 Å². The van der Waals surface area contributed by atoms with E-state index in [4.69, 9.17) is 9.47 Å². The van der Waals surface area contributed by atoms with Crippen molar-refractivity contribution in [3.05, 3.63) is 23.8 Å². The second-order valence-electron chi connectivity index (χ2n) is 6.96. The monoisotopic (exact) mass is 291 g/mol. The predicted octanol–water partition coefficient (Wildman–Crippen LogP) is 4.29. The van der Waals surface area contributed by atoms with Crippen molar-refractivity contribution in [3.63, 3.8) is 0 Å². The lowest BCUT2D eigenvalue weighted by Gasteiger charge is -2.26. The van der Waals surface area contributed by atoms with Gasteiger partial charge in [0.25, 0.3) is 0 Å². The quantitative estimate of drug-likeness (QED) is 0.877. The number of rotatable bonds is 5. The summed E-state index contributed by atoms with van der Waals surface area (Å²) in [6, 6.07) is 6.11. The third-order valence-corrected chi connectivity index (χ3v) is 3.92. The molecule has 0 aromatic heterocycles. The lowest BCUT2D eigenvalue weighted by Crippen LogP contribution is -2.35. The summed E-state index contributed by atoms with van der Waals surface area (Å²) in [5.74, 6) is 1.89. The van der Waals surface area contributed by atoms with Crippen LogP contribution in [0.5, 0.6) is 11.5 Å². The Hall–Kier alpha value is -1.22. The first kappa shape index (κ1) is 16.2. The van der Waals surface area contributed by atoms with E-state index >= 15 is 0 Å². The molecule has 2 rings (SSSR count). The molecule has 1 fully saturated rings. The Kier molecular flexibility index (Phi) is 5.51. The number of nitrogens with one attached hydrogen (secondary N) is 1. The van der Waals surface area contributed by atoms with Gasteiger partial charge in [-0.25, -0.2) is 0 Å². The van der Waals surface area contributed by atoms with Gasteiger partial charge in [0.1, 0.15) is 11.5 Å². The highest BCUT2D eigenvalue weighted by atomic mass is 16.5. The summed E-state index contributed by atoms with van der Waals surface area (Å²) in [6.45, 7) is 7.32. The van der Waals surface area contributed by atoms with Gasteiger partial charge < -0.3 is 14.8 Å². The highest BCUT2D eigenvalue weighted by Crippen LogP contribution is 2.29. The highest BCUT2D eigenvalue weighted by molar-refractivity contribution is 5.40. The lowest BCUT2D eigenvalue weighted by atomic mass is 9.97. The SMILES string of the molecule is COc1ccc(OC2CCCCC2)c(CNC(C)(C)C)c1. The molecule has 1 aromatic rings. The molecule has 1 aliphatic rings. The molecule has 0 atom stereocenters. The predicted molar refractivity (Wildman–Crippen MR) is 87.1 cm³/mol. The van der Waals surface area contributed by atoms with E-state index in [9.17, 15) is 0 Å². The van der Waals surface area contributed by atoms with Gasteiger partial charge in [0, 0.05) is 17.6 Å². The number of hydrogen-bond acceptors (Lipinski definition) is 3. The standard InChI is InChI=1S/C18H29NO2/c1-18(2,3)19-13-14-12-16(20-4)10-11-17(14)21-15-8-6-5-7-9-15/h10-12,15,19H,5-9,13H2,1-4H3. The van der Waals surface area contributed by atoms with Gasteiger partial charge in [0.05, 0.1) is 13.2 Å². The molecule has 0 heterocycles. The lowest BCUT2D eigenvalue weighted by molar-refractivity contribution is 0.153. The molecule has 0 saturated heterocycles. The molecule has 0 spiro atoms. The Morgan fingerprint density at radius 1 is 1.14 bits per heavy atom. The zero-order valence-corrected chi connectivity index (χ0v) is 13.9. The van der Waals surface area contributed by atoms with E-state index < -0.39 is 0 Å². The van der Waals surface area contributed by atoms with Crippen LogP contribution in [0.15, 0.2) is 18.2 Å². The van der Waals surface area contributed by atoms with E-state index in [1.165, 1.54) is 37.7 Å². The molecule has 1 N–H and O–H groups in total. The zero-order valence-electron chi connectivity index (χ0n) is 13.9. The van der Waals surface area contributed by atoms with Gasteiger partial charge in [0.2, 0.25) is 0 Å². The maximum absolute atomic E-state index is 6.26. The van der Waals surface area contributed by atoms with Crippen LogP contribution in [-0.2, 0) is 6.54 Å². The molecular weight excluding hydrogens is 262 g/mol. The van der Waals surface area contributed by atoms with Crippen LogP contribution >= 0.6 is 0 Å². The molecule has 0 amide bonds. The van der Waals surface area contributed by atoms with Crippen LogP contribution in [0.4, 0.5) is 0 Å². The molecule has 1 aromatic carbocycles. The second kappa shape index (κ2) is 7.17. The molecule has 1 saturated carbocycles. The fourth-order valence-electron chi connectivity index (χ4n) is 2.66. The molecular formula is C18H29NO2. The molecule has 0 bridgehead atoms. The summed E-state index contributed by atoms with van der Waals surface area (Å²) in [5.41, 5.74) is 1.26. The summed E-state index contributed by atoms with van der Waals surface area (Å²) in [6.07, 6.45) is 6.66. The molecule has 1 aliphatic carbocycles. The third-order valence-electron chi connectivity index (χ3n) is 3.92. The summed E-state index contributed by atoms with van der Waals surface area (Å²) >= 11 is 0. The smallest absolute Gasteiger partial charge is 0.124 e. The van der Waals surface area contributed by atoms with Crippen LogP contribution in [0.2, 0.25) is 0 Å². The largest absolute Gasteiger partial charge is 0.497 e. The number of benzene rings is 1. The maximum atomic E-state index is 6.26. The number of methoxy groups -OCH3 is 1. The van der Waals surface area contributed by atoms with E-state index in [0.29, 0.717) is 6.10 Å². The van der Waals surface area contributed by atoms with Gasteiger partial charge in [-0.15, -0.1) is 0 Å². The molecule has 0 radical (unpaired) electrons. The van der Waals surface area contributed by atoms with Crippen molar-refractivity contribution in [1.29, 1.82) is 0 Å². The van der Waals surface area contributed by atoms with Crippen LogP contribution in [0.1, 0.15) is 58.4 Å². The first-order chi connectivity index (χ1) is 9.98. The average Bonchev–Trinajstić information content (AvgIpc) is 2.46. The zero-order chi connectivity index (χ0) is 15.3. The van der Waals surface area contributed by atoms with E-state index in [1.807, 2.05) is 12.1 Å². The van der Waals surface area contributed by atoms with Crippen LogP contribution in [0, 0.1) is 0 Å². The summed E-state index contributed by atoms with van der Waals surface area (Å²) in [5, 5.41) is 3.53. The van der Waals surface area contributed by atoms with Gasteiger partial charge in [-0.2, -0.15) is 0 Å². The van der Waals surface area contributed by atoms with Crippen molar-refractivity contribution in [1.82, 2.24) is 5.32 Å². The normalized spacial score (nSPS) is 16.8. The molecule has 0 aliphatic heterocycles. The van der Waals surface area contributed by atoms with Crippen LogP contribution in [-0.4, -0.2) is 18.8 Å². The van der Waals surface area contributed by atoms with Crippen molar-refractivity contribution in [3.8, 4) is 11.5 Å². The molecule has 3 heteroatoms.